The maximum absolute atomic E-state index is 12.3. The van der Waals surface area contributed by atoms with Crippen LogP contribution in [-0.4, -0.2) is 45.2 Å². The Hall–Kier alpha value is -2.34. The predicted molar refractivity (Wildman–Crippen MR) is 105 cm³/mol. The maximum Gasteiger partial charge on any atom is 0.338 e. The standard InChI is InChI=1S/C20H26ClN3O3/c1-12(2)23(13(3)4)18(25)11-27-20(26)16-7-9-17(10-8-16)24-15(6)19(21)14(5)22-24/h7-10,12-13H,11H2,1-6H3. The number of halogens is 1. The molecule has 2 aromatic rings. The molecular weight excluding hydrogens is 366 g/mol. The smallest absolute Gasteiger partial charge is 0.338 e. The predicted octanol–water partition coefficient (Wildman–Crippen LogP) is 3.94. The fourth-order valence-electron chi connectivity index (χ4n) is 3.07. The van der Waals surface area contributed by atoms with Gasteiger partial charge >= 0.3 is 5.97 Å². The van der Waals surface area contributed by atoms with Gasteiger partial charge in [-0.05, 0) is 65.8 Å². The highest BCUT2D eigenvalue weighted by molar-refractivity contribution is 6.31. The van der Waals surface area contributed by atoms with Crippen LogP contribution < -0.4 is 0 Å². The van der Waals surface area contributed by atoms with Gasteiger partial charge in [-0.1, -0.05) is 11.6 Å². The second-order valence-electron chi connectivity index (χ2n) is 7.01. The zero-order valence-electron chi connectivity index (χ0n) is 16.6. The largest absolute Gasteiger partial charge is 0.452 e. The van der Waals surface area contributed by atoms with Crippen LogP contribution in [0.4, 0.5) is 0 Å². The van der Waals surface area contributed by atoms with Gasteiger partial charge in [-0.3, -0.25) is 4.79 Å². The quantitative estimate of drug-likeness (QED) is 0.699. The molecule has 0 aliphatic rings. The van der Waals surface area contributed by atoms with Gasteiger partial charge in [-0.15, -0.1) is 0 Å². The second-order valence-corrected chi connectivity index (χ2v) is 7.39. The van der Waals surface area contributed by atoms with E-state index in [1.165, 1.54) is 0 Å². The number of ether oxygens (including phenoxy) is 1. The molecule has 1 amide bonds. The lowest BCUT2D eigenvalue weighted by atomic mass is 10.2. The van der Waals surface area contributed by atoms with Crippen LogP contribution in [0, 0.1) is 13.8 Å². The number of aromatic nitrogens is 2. The molecule has 0 saturated heterocycles. The van der Waals surface area contributed by atoms with Crippen molar-refractivity contribution >= 4 is 23.5 Å². The second kappa shape index (κ2) is 8.57. The zero-order chi connectivity index (χ0) is 20.3. The lowest BCUT2D eigenvalue weighted by Gasteiger charge is -2.30. The van der Waals surface area contributed by atoms with Crippen molar-refractivity contribution in [2.45, 2.75) is 53.6 Å². The fraction of sp³-hybridized carbons (Fsp3) is 0.450. The van der Waals surface area contributed by atoms with Crippen molar-refractivity contribution in [2.75, 3.05) is 6.61 Å². The molecule has 1 heterocycles. The van der Waals surface area contributed by atoms with Crippen LogP contribution in [0.1, 0.15) is 49.4 Å². The summed E-state index contributed by atoms with van der Waals surface area (Å²) in [6.45, 7) is 11.2. The van der Waals surface area contributed by atoms with Crippen LogP contribution >= 0.6 is 11.6 Å². The first-order valence-electron chi connectivity index (χ1n) is 8.94. The summed E-state index contributed by atoms with van der Waals surface area (Å²) < 4.78 is 6.91. The number of aryl methyl sites for hydroxylation is 1. The Morgan fingerprint density at radius 2 is 1.67 bits per heavy atom. The van der Waals surface area contributed by atoms with Crippen molar-refractivity contribution < 1.29 is 14.3 Å². The Balaban J connectivity index is 2.05. The molecule has 0 bridgehead atoms. The molecule has 0 fully saturated rings. The molecular formula is C20H26ClN3O3. The van der Waals surface area contributed by atoms with Crippen LogP contribution in [0.2, 0.25) is 5.02 Å². The number of carbonyl (C=O) groups excluding carboxylic acids is 2. The molecule has 0 aliphatic heterocycles. The van der Waals surface area contributed by atoms with Crippen LogP contribution in [0.3, 0.4) is 0 Å². The number of rotatable bonds is 6. The molecule has 0 N–H and O–H groups in total. The zero-order valence-corrected chi connectivity index (χ0v) is 17.4. The van der Waals surface area contributed by atoms with Crippen LogP contribution in [0.5, 0.6) is 0 Å². The molecule has 0 radical (unpaired) electrons. The van der Waals surface area contributed by atoms with Gasteiger partial charge in [0.25, 0.3) is 5.91 Å². The molecule has 0 unspecified atom stereocenters. The van der Waals surface area contributed by atoms with Gasteiger partial charge in [0.1, 0.15) is 0 Å². The third-order valence-electron chi connectivity index (χ3n) is 4.28. The highest BCUT2D eigenvalue weighted by Gasteiger charge is 2.21. The molecule has 27 heavy (non-hydrogen) atoms. The van der Waals surface area contributed by atoms with Crippen molar-refractivity contribution in [3.05, 3.63) is 46.2 Å². The molecule has 6 nitrogen and oxygen atoms in total. The van der Waals surface area contributed by atoms with Crippen molar-refractivity contribution in [3.8, 4) is 5.69 Å². The molecule has 7 heteroatoms. The SMILES string of the molecule is Cc1nn(-c2ccc(C(=O)OCC(=O)N(C(C)C)C(C)C)cc2)c(C)c1Cl. The van der Waals surface area contributed by atoms with E-state index in [0.29, 0.717) is 10.6 Å². The summed E-state index contributed by atoms with van der Waals surface area (Å²) in [5.41, 5.74) is 2.74. The average molecular weight is 392 g/mol. The first kappa shape index (κ1) is 21.0. The van der Waals surface area contributed by atoms with Gasteiger partial charge in [0.2, 0.25) is 0 Å². The number of esters is 1. The van der Waals surface area contributed by atoms with Crippen LogP contribution in [0.25, 0.3) is 5.69 Å². The summed E-state index contributed by atoms with van der Waals surface area (Å²) in [7, 11) is 0. The van der Waals surface area contributed by atoms with Crippen LogP contribution in [-0.2, 0) is 9.53 Å². The molecule has 0 aliphatic carbocycles. The van der Waals surface area contributed by atoms with Crippen molar-refractivity contribution in [1.29, 1.82) is 0 Å². The summed E-state index contributed by atoms with van der Waals surface area (Å²) in [4.78, 5) is 26.2. The van der Waals surface area contributed by atoms with Gasteiger partial charge in [0.05, 0.1) is 27.7 Å². The monoisotopic (exact) mass is 391 g/mol. The summed E-state index contributed by atoms with van der Waals surface area (Å²) in [5, 5.41) is 5.01. The Bertz CT molecular complexity index is 818. The van der Waals surface area contributed by atoms with Gasteiger partial charge < -0.3 is 9.64 Å². The van der Waals surface area contributed by atoms with Gasteiger partial charge in [0.15, 0.2) is 6.61 Å². The third kappa shape index (κ3) is 4.69. The van der Waals surface area contributed by atoms with E-state index in [1.807, 2.05) is 41.5 Å². The fourth-order valence-corrected chi connectivity index (χ4v) is 3.19. The van der Waals surface area contributed by atoms with Crippen LogP contribution in [0.15, 0.2) is 24.3 Å². The molecule has 1 aromatic carbocycles. The van der Waals surface area contributed by atoms with E-state index in [0.717, 1.165) is 17.1 Å². The number of hydrogen-bond acceptors (Lipinski definition) is 4. The Kier molecular flexibility index (Phi) is 6.65. The van der Waals surface area contributed by atoms with Crippen molar-refractivity contribution in [3.63, 3.8) is 0 Å². The van der Waals surface area contributed by atoms with E-state index in [9.17, 15) is 9.59 Å². The summed E-state index contributed by atoms with van der Waals surface area (Å²) in [5.74, 6) is -0.740. The lowest BCUT2D eigenvalue weighted by Crippen LogP contribution is -2.44. The highest BCUT2D eigenvalue weighted by atomic mass is 35.5. The van der Waals surface area contributed by atoms with Crippen molar-refractivity contribution in [1.82, 2.24) is 14.7 Å². The van der Waals surface area contributed by atoms with E-state index >= 15 is 0 Å². The highest BCUT2D eigenvalue weighted by Crippen LogP contribution is 2.22. The number of amides is 1. The summed E-state index contributed by atoms with van der Waals surface area (Å²) in [6, 6.07) is 6.92. The first-order chi connectivity index (χ1) is 12.6. The summed E-state index contributed by atoms with van der Waals surface area (Å²) >= 11 is 6.18. The molecule has 0 atom stereocenters. The van der Waals surface area contributed by atoms with E-state index in [2.05, 4.69) is 5.10 Å². The molecule has 0 spiro atoms. The minimum Gasteiger partial charge on any atom is -0.452 e. The molecule has 1 aromatic heterocycles. The van der Waals surface area contributed by atoms with Gasteiger partial charge in [0, 0.05) is 12.1 Å². The third-order valence-corrected chi connectivity index (χ3v) is 4.82. The average Bonchev–Trinajstić information content (AvgIpc) is 2.86. The minimum absolute atomic E-state index is 0.0445. The van der Waals surface area contributed by atoms with E-state index in [4.69, 9.17) is 16.3 Å². The van der Waals surface area contributed by atoms with E-state index in [1.54, 1.807) is 33.8 Å². The maximum atomic E-state index is 12.3. The molecule has 2 rings (SSSR count). The minimum atomic E-state index is -0.534. The van der Waals surface area contributed by atoms with Gasteiger partial charge in [-0.2, -0.15) is 5.10 Å². The first-order valence-corrected chi connectivity index (χ1v) is 9.31. The topological polar surface area (TPSA) is 64.4 Å². The number of hydrogen-bond donors (Lipinski definition) is 0. The number of carbonyl (C=O) groups is 2. The molecule has 146 valence electrons. The summed E-state index contributed by atoms with van der Waals surface area (Å²) in [6.07, 6.45) is 0. The van der Waals surface area contributed by atoms with Crippen molar-refractivity contribution in [2.24, 2.45) is 0 Å². The van der Waals surface area contributed by atoms with E-state index in [-0.39, 0.29) is 24.6 Å². The lowest BCUT2D eigenvalue weighted by molar-refractivity contribution is -0.138. The van der Waals surface area contributed by atoms with E-state index < -0.39 is 5.97 Å². The Morgan fingerprint density at radius 3 is 2.11 bits per heavy atom. The molecule has 0 saturated carbocycles. The van der Waals surface area contributed by atoms with Gasteiger partial charge in [-0.25, -0.2) is 9.48 Å². The normalized spacial score (nSPS) is 11.1. The Morgan fingerprint density at radius 1 is 1.11 bits per heavy atom. The Labute approximate surface area is 165 Å². The number of nitrogens with zero attached hydrogens (tertiary/aromatic N) is 3. The number of benzene rings is 1.